The van der Waals surface area contributed by atoms with Crippen LogP contribution in [0.15, 0.2) is 24.3 Å². The van der Waals surface area contributed by atoms with E-state index in [1.807, 2.05) is 29.2 Å². The summed E-state index contributed by atoms with van der Waals surface area (Å²) in [6.07, 6.45) is 5.02. The molecule has 2 aliphatic heterocycles. The van der Waals surface area contributed by atoms with Crippen molar-refractivity contribution >= 4 is 17.5 Å². The van der Waals surface area contributed by atoms with E-state index in [0.717, 1.165) is 57.5 Å². The van der Waals surface area contributed by atoms with Gasteiger partial charge in [-0.15, -0.1) is 0 Å². The van der Waals surface area contributed by atoms with Gasteiger partial charge in [0, 0.05) is 30.8 Å². The maximum absolute atomic E-state index is 12.6. The number of anilines is 1. The van der Waals surface area contributed by atoms with Gasteiger partial charge in [-0.2, -0.15) is 0 Å². The first kappa shape index (κ1) is 19.9. The molecule has 5 nitrogen and oxygen atoms in total. The van der Waals surface area contributed by atoms with Crippen LogP contribution in [0.25, 0.3) is 0 Å². The van der Waals surface area contributed by atoms with E-state index in [1.54, 1.807) is 0 Å². The Labute approximate surface area is 162 Å². The SMILES string of the molecule is CC1CCN(C(=O)c2ccc(NC(=O)CC(C)C3CCNCC3)cc2)CC1. The van der Waals surface area contributed by atoms with Gasteiger partial charge in [-0.05, 0) is 80.8 Å². The number of hydrogen-bond acceptors (Lipinski definition) is 3. The van der Waals surface area contributed by atoms with Gasteiger partial charge in [-0.3, -0.25) is 9.59 Å². The van der Waals surface area contributed by atoms with Gasteiger partial charge in [-0.1, -0.05) is 13.8 Å². The van der Waals surface area contributed by atoms with Crippen LogP contribution in [0.3, 0.4) is 0 Å². The molecular formula is C22H33N3O2. The molecule has 2 saturated heterocycles. The molecule has 0 radical (unpaired) electrons. The molecule has 1 atom stereocenters. The van der Waals surface area contributed by atoms with Crippen molar-refractivity contribution in [3.8, 4) is 0 Å². The highest BCUT2D eigenvalue weighted by Gasteiger charge is 2.23. The van der Waals surface area contributed by atoms with E-state index in [2.05, 4.69) is 24.5 Å². The number of nitrogens with zero attached hydrogens (tertiary/aromatic N) is 1. The van der Waals surface area contributed by atoms with Crippen LogP contribution in [0.5, 0.6) is 0 Å². The Bertz CT molecular complexity index is 629. The molecular weight excluding hydrogens is 338 g/mol. The van der Waals surface area contributed by atoms with Gasteiger partial charge in [0.25, 0.3) is 5.91 Å². The molecule has 2 aliphatic rings. The summed E-state index contributed by atoms with van der Waals surface area (Å²) in [5.74, 6) is 1.89. The standard InChI is InChI=1S/C22H33N3O2/c1-16-9-13-25(14-10-16)22(27)19-3-5-20(6-4-19)24-21(26)15-17(2)18-7-11-23-12-8-18/h3-6,16-18,23H,7-15H2,1-2H3,(H,24,26). The van der Waals surface area contributed by atoms with Crippen LogP contribution < -0.4 is 10.6 Å². The topological polar surface area (TPSA) is 61.4 Å². The number of amides is 2. The molecule has 5 heteroatoms. The lowest BCUT2D eigenvalue weighted by Crippen LogP contribution is -2.37. The summed E-state index contributed by atoms with van der Waals surface area (Å²) in [6.45, 7) is 8.21. The Kier molecular flexibility index (Phi) is 6.89. The van der Waals surface area contributed by atoms with Crippen LogP contribution >= 0.6 is 0 Å². The van der Waals surface area contributed by atoms with Crippen LogP contribution in [0.4, 0.5) is 5.69 Å². The molecule has 1 aromatic rings. The van der Waals surface area contributed by atoms with E-state index in [1.165, 1.54) is 0 Å². The summed E-state index contributed by atoms with van der Waals surface area (Å²) >= 11 is 0. The number of rotatable bonds is 5. The lowest BCUT2D eigenvalue weighted by Gasteiger charge is -2.30. The van der Waals surface area contributed by atoms with Gasteiger partial charge in [0.2, 0.25) is 5.91 Å². The molecule has 148 valence electrons. The molecule has 1 unspecified atom stereocenters. The lowest BCUT2D eigenvalue weighted by molar-refractivity contribution is -0.117. The zero-order chi connectivity index (χ0) is 19.2. The molecule has 0 spiro atoms. The van der Waals surface area contributed by atoms with E-state index in [0.29, 0.717) is 29.7 Å². The van der Waals surface area contributed by atoms with Crippen LogP contribution in [-0.2, 0) is 4.79 Å². The van der Waals surface area contributed by atoms with Crippen molar-refractivity contribution in [2.45, 2.75) is 46.0 Å². The molecule has 2 heterocycles. The molecule has 27 heavy (non-hydrogen) atoms. The number of nitrogens with one attached hydrogen (secondary N) is 2. The fraction of sp³-hybridized carbons (Fsp3) is 0.636. The third-order valence-electron chi connectivity index (χ3n) is 6.18. The number of carbonyl (C=O) groups excluding carboxylic acids is 2. The summed E-state index contributed by atoms with van der Waals surface area (Å²) in [6, 6.07) is 7.33. The number of piperidine rings is 2. The van der Waals surface area contributed by atoms with Gasteiger partial charge in [0.05, 0.1) is 0 Å². The van der Waals surface area contributed by atoms with Gasteiger partial charge in [0.15, 0.2) is 0 Å². The number of carbonyl (C=O) groups is 2. The molecule has 2 amide bonds. The summed E-state index contributed by atoms with van der Waals surface area (Å²) < 4.78 is 0. The van der Waals surface area contributed by atoms with Gasteiger partial charge in [0.1, 0.15) is 0 Å². The summed E-state index contributed by atoms with van der Waals surface area (Å²) in [4.78, 5) is 26.9. The van der Waals surface area contributed by atoms with E-state index in [4.69, 9.17) is 0 Å². The second-order valence-electron chi connectivity index (χ2n) is 8.37. The Morgan fingerprint density at radius 1 is 1.11 bits per heavy atom. The average Bonchev–Trinajstić information content (AvgIpc) is 2.69. The quantitative estimate of drug-likeness (QED) is 0.832. The molecule has 2 fully saturated rings. The Morgan fingerprint density at radius 2 is 1.74 bits per heavy atom. The van der Waals surface area contributed by atoms with Crippen LogP contribution in [0.1, 0.15) is 56.3 Å². The molecule has 0 bridgehead atoms. The predicted octanol–water partition coefficient (Wildman–Crippen LogP) is 3.52. The average molecular weight is 372 g/mol. The minimum Gasteiger partial charge on any atom is -0.339 e. The minimum absolute atomic E-state index is 0.0603. The summed E-state index contributed by atoms with van der Waals surface area (Å²) in [5.41, 5.74) is 1.46. The highest BCUT2D eigenvalue weighted by Crippen LogP contribution is 2.25. The fourth-order valence-corrected chi connectivity index (χ4v) is 4.17. The van der Waals surface area contributed by atoms with Crippen molar-refractivity contribution in [2.75, 3.05) is 31.5 Å². The van der Waals surface area contributed by atoms with E-state index in [9.17, 15) is 9.59 Å². The lowest BCUT2D eigenvalue weighted by atomic mass is 9.84. The molecule has 0 aliphatic carbocycles. The third-order valence-corrected chi connectivity index (χ3v) is 6.18. The first-order valence-corrected chi connectivity index (χ1v) is 10.4. The molecule has 0 aromatic heterocycles. The van der Waals surface area contributed by atoms with Crippen LogP contribution in [0, 0.1) is 17.8 Å². The second kappa shape index (κ2) is 9.36. The van der Waals surface area contributed by atoms with Crippen molar-refractivity contribution in [1.82, 2.24) is 10.2 Å². The van der Waals surface area contributed by atoms with Crippen molar-refractivity contribution < 1.29 is 9.59 Å². The Morgan fingerprint density at radius 3 is 2.37 bits per heavy atom. The van der Waals surface area contributed by atoms with Gasteiger partial charge in [-0.25, -0.2) is 0 Å². The third kappa shape index (κ3) is 5.55. The summed E-state index contributed by atoms with van der Waals surface area (Å²) in [7, 11) is 0. The van der Waals surface area contributed by atoms with Crippen molar-refractivity contribution in [3.63, 3.8) is 0 Å². The van der Waals surface area contributed by atoms with Crippen molar-refractivity contribution in [2.24, 2.45) is 17.8 Å². The highest BCUT2D eigenvalue weighted by molar-refractivity contribution is 5.95. The number of hydrogen-bond donors (Lipinski definition) is 2. The van der Waals surface area contributed by atoms with Crippen molar-refractivity contribution in [3.05, 3.63) is 29.8 Å². The van der Waals surface area contributed by atoms with Crippen molar-refractivity contribution in [1.29, 1.82) is 0 Å². The van der Waals surface area contributed by atoms with Gasteiger partial charge < -0.3 is 15.5 Å². The minimum atomic E-state index is 0.0603. The predicted molar refractivity (Wildman–Crippen MR) is 109 cm³/mol. The largest absolute Gasteiger partial charge is 0.339 e. The molecule has 2 N–H and O–H groups in total. The maximum atomic E-state index is 12.6. The zero-order valence-electron chi connectivity index (χ0n) is 16.7. The molecule has 0 saturated carbocycles. The Hall–Kier alpha value is -1.88. The second-order valence-corrected chi connectivity index (χ2v) is 8.37. The van der Waals surface area contributed by atoms with E-state index >= 15 is 0 Å². The molecule has 1 aromatic carbocycles. The smallest absolute Gasteiger partial charge is 0.253 e. The van der Waals surface area contributed by atoms with E-state index < -0.39 is 0 Å². The molecule has 3 rings (SSSR count). The van der Waals surface area contributed by atoms with E-state index in [-0.39, 0.29) is 11.8 Å². The number of benzene rings is 1. The summed E-state index contributed by atoms with van der Waals surface area (Å²) in [5, 5.41) is 6.36. The first-order chi connectivity index (χ1) is 13.0. The number of likely N-dealkylation sites (tertiary alicyclic amines) is 1. The monoisotopic (exact) mass is 371 g/mol. The van der Waals surface area contributed by atoms with Crippen LogP contribution in [-0.4, -0.2) is 42.9 Å². The zero-order valence-corrected chi connectivity index (χ0v) is 16.7. The highest BCUT2D eigenvalue weighted by atomic mass is 16.2. The fourth-order valence-electron chi connectivity index (χ4n) is 4.17. The van der Waals surface area contributed by atoms with Gasteiger partial charge >= 0.3 is 0 Å². The normalized spacial score (nSPS) is 20.3. The first-order valence-electron chi connectivity index (χ1n) is 10.4. The van der Waals surface area contributed by atoms with Crippen LogP contribution in [0.2, 0.25) is 0 Å². The Balaban J connectivity index is 1.49. The maximum Gasteiger partial charge on any atom is 0.253 e.